The molecule has 0 aliphatic carbocycles. The van der Waals surface area contributed by atoms with Crippen LogP contribution in [0.1, 0.15) is 28.9 Å². The van der Waals surface area contributed by atoms with E-state index >= 15 is 0 Å². The molecule has 3 aromatic rings. The van der Waals surface area contributed by atoms with Crippen LogP contribution >= 0.6 is 0 Å². The van der Waals surface area contributed by atoms with Crippen molar-refractivity contribution in [1.82, 2.24) is 9.38 Å². The van der Waals surface area contributed by atoms with Crippen LogP contribution in [0, 0.1) is 13.7 Å². The van der Waals surface area contributed by atoms with Gasteiger partial charge in [-0.1, -0.05) is 35.8 Å². The zero-order chi connectivity index (χ0) is 22.9. The second kappa shape index (κ2) is 3.74. The maximum absolute atomic E-state index is 8.14. The summed E-state index contributed by atoms with van der Waals surface area (Å²) >= 11 is 0. The van der Waals surface area contributed by atoms with Crippen molar-refractivity contribution in [2.24, 2.45) is 0 Å². The summed E-state index contributed by atoms with van der Waals surface area (Å²) in [6, 6.07) is -4.19. The summed E-state index contributed by atoms with van der Waals surface area (Å²) in [6.45, 7) is -5.72. The first-order chi connectivity index (χ1) is 13.6. The molecular weight excluding hydrogens is 208 g/mol. The number of aromatic nitrogens is 2. The van der Waals surface area contributed by atoms with Gasteiger partial charge in [0.25, 0.3) is 0 Å². The molecule has 84 valence electrons. The van der Waals surface area contributed by atoms with Gasteiger partial charge in [-0.05, 0) is 25.3 Å². The average molecular weight is 235 g/mol. The van der Waals surface area contributed by atoms with E-state index in [1.807, 2.05) is 0 Å². The van der Waals surface area contributed by atoms with Gasteiger partial charge in [0.15, 0.2) is 0 Å². The highest BCUT2D eigenvalue weighted by molar-refractivity contribution is 5.62. The third-order valence-electron chi connectivity index (χ3n) is 2.12. The SMILES string of the molecule is [2H]c1c([2H])c(C([2H])([2H])[2H])c([2H])c([2H])c1-c1cn2c([2H])c(C([2H])([2H])[2H])c([2H])c([2H])c2n1. The van der Waals surface area contributed by atoms with Gasteiger partial charge >= 0.3 is 0 Å². The summed E-state index contributed by atoms with van der Waals surface area (Å²) in [6.07, 6.45) is 0.447. The summed E-state index contributed by atoms with van der Waals surface area (Å²) in [7, 11) is 0. The Morgan fingerprint density at radius 1 is 1.06 bits per heavy atom. The molecule has 3 rings (SSSR count). The molecule has 2 aromatic heterocycles. The Balaban J connectivity index is 2.40. The fourth-order valence-corrected chi connectivity index (χ4v) is 1.38. The van der Waals surface area contributed by atoms with Crippen LogP contribution in [-0.4, -0.2) is 9.38 Å². The molecule has 0 bridgehead atoms. The Hall–Kier alpha value is -2.09. The number of pyridine rings is 1. The molecule has 0 amide bonds. The van der Waals surface area contributed by atoms with Gasteiger partial charge in [-0.3, -0.25) is 0 Å². The number of hydrogen-bond donors (Lipinski definition) is 0. The predicted octanol–water partition coefficient (Wildman–Crippen LogP) is 3.62. The molecular formula is C15H14N2. The van der Waals surface area contributed by atoms with Gasteiger partial charge < -0.3 is 4.40 Å². The molecule has 0 aliphatic rings. The lowest BCUT2D eigenvalue weighted by Crippen LogP contribution is -1.82. The van der Waals surface area contributed by atoms with E-state index < -0.39 is 67.3 Å². The first-order valence-electron chi connectivity index (χ1n) is 11.2. The molecule has 2 heteroatoms. The van der Waals surface area contributed by atoms with E-state index in [9.17, 15) is 0 Å². The number of rotatable bonds is 1. The summed E-state index contributed by atoms with van der Waals surface area (Å²) in [5.41, 5.74) is -2.26. The van der Waals surface area contributed by atoms with Crippen molar-refractivity contribution in [1.29, 1.82) is 0 Å². The monoisotopic (exact) mass is 235 g/mol. The highest BCUT2D eigenvalue weighted by atomic mass is 15.0. The minimum atomic E-state index is -2.88. The summed E-state index contributed by atoms with van der Waals surface area (Å²) < 4.78 is 102. The molecule has 0 aliphatic heterocycles. The molecule has 0 atom stereocenters. The zero-order valence-corrected chi connectivity index (χ0v) is 8.47. The van der Waals surface area contributed by atoms with Crippen LogP contribution in [0.25, 0.3) is 16.9 Å². The van der Waals surface area contributed by atoms with E-state index in [-0.39, 0.29) is 16.9 Å². The highest BCUT2D eigenvalue weighted by Gasteiger charge is 2.03. The average Bonchev–Trinajstić information content (AvgIpc) is 3.01. The van der Waals surface area contributed by atoms with Gasteiger partial charge in [-0.25, -0.2) is 4.98 Å². The number of imidazole rings is 1. The van der Waals surface area contributed by atoms with Crippen LogP contribution in [0.4, 0.5) is 0 Å². The van der Waals surface area contributed by atoms with E-state index in [0.29, 0.717) is 0 Å². The number of hydrogen-bond acceptors (Lipinski definition) is 1. The van der Waals surface area contributed by atoms with Crippen LogP contribution in [0.3, 0.4) is 0 Å². The van der Waals surface area contributed by atoms with Gasteiger partial charge in [0.1, 0.15) is 5.65 Å². The minimum Gasteiger partial charge on any atom is -0.306 e. The van der Waals surface area contributed by atoms with Crippen molar-refractivity contribution in [3.05, 3.63) is 59.8 Å². The van der Waals surface area contributed by atoms with Crippen LogP contribution in [0.5, 0.6) is 0 Å². The van der Waals surface area contributed by atoms with Crippen molar-refractivity contribution in [3.63, 3.8) is 0 Å². The van der Waals surface area contributed by atoms with Crippen LogP contribution in [-0.2, 0) is 0 Å². The summed E-state index contributed by atoms with van der Waals surface area (Å²) in [5, 5.41) is 0. The fourth-order valence-electron chi connectivity index (χ4n) is 1.38. The van der Waals surface area contributed by atoms with E-state index in [0.717, 1.165) is 10.6 Å². The maximum Gasteiger partial charge on any atom is 0.137 e. The molecule has 0 unspecified atom stereocenters. The van der Waals surface area contributed by atoms with Crippen LogP contribution < -0.4 is 0 Å². The van der Waals surface area contributed by atoms with Gasteiger partial charge in [-0.2, -0.15) is 0 Å². The molecule has 17 heavy (non-hydrogen) atoms. The smallest absolute Gasteiger partial charge is 0.137 e. The Bertz CT molecular complexity index is 1160. The van der Waals surface area contributed by atoms with Crippen LogP contribution in [0.2, 0.25) is 0 Å². The molecule has 0 saturated heterocycles. The zero-order valence-electron chi connectivity index (χ0n) is 21.5. The van der Waals surface area contributed by atoms with E-state index in [1.165, 1.54) is 0 Å². The van der Waals surface area contributed by atoms with E-state index in [4.69, 9.17) is 17.8 Å². The van der Waals surface area contributed by atoms with Crippen molar-refractivity contribution in [3.8, 4) is 11.3 Å². The standard InChI is InChI=1S/C15H14N2/c1-11-3-6-13(7-4-11)14-10-17-9-12(2)5-8-15(17)16-14/h3-10H,1-2H3/i1D3,2D3,3D,4D,5D,6D,7D,8D,9D. The van der Waals surface area contributed by atoms with Crippen LogP contribution in [0.15, 0.2) is 48.6 Å². The Morgan fingerprint density at radius 3 is 2.59 bits per heavy atom. The summed E-state index contributed by atoms with van der Waals surface area (Å²) in [4.78, 5) is 4.03. The third-order valence-corrected chi connectivity index (χ3v) is 2.12. The molecule has 0 spiro atoms. The largest absolute Gasteiger partial charge is 0.306 e. The van der Waals surface area contributed by atoms with E-state index in [2.05, 4.69) is 4.98 Å². The van der Waals surface area contributed by atoms with Crippen molar-refractivity contribution in [2.45, 2.75) is 13.7 Å². The number of benzene rings is 1. The molecule has 0 fully saturated rings. The van der Waals surface area contributed by atoms with Gasteiger partial charge in [0, 0.05) is 26.2 Å². The second-order valence-electron chi connectivity index (χ2n) is 3.31. The van der Waals surface area contributed by atoms with Gasteiger partial charge in [-0.15, -0.1) is 0 Å². The molecule has 0 N–H and O–H groups in total. The fraction of sp³-hybridized carbons (Fsp3) is 0.133. The normalized spacial score (nSPS) is 23.4. The molecule has 0 radical (unpaired) electrons. The maximum atomic E-state index is 8.14. The minimum absolute atomic E-state index is 0.215. The van der Waals surface area contributed by atoms with Gasteiger partial charge in [0.2, 0.25) is 0 Å². The number of nitrogens with zero attached hydrogens (tertiary/aromatic N) is 2. The predicted molar refractivity (Wildman–Crippen MR) is 70.1 cm³/mol. The van der Waals surface area contributed by atoms with Crippen molar-refractivity contribution in [2.75, 3.05) is 0 Å². The lowest BCUT2D eigenvalue weighted by atomic mass is 10.1. The quantitative estimate of drug-likeness (QED) is 0.629. The lowest BCUT2D eigenvalue weighted by Gasteiger charge is -1.96. The highest BCUT2D eigenvalue weighted by Crippen LogP contribution is 2.19. The first-order valence-corrected chi connectivity index (χ1v) is 4.69. The van der Waals surface area contributed by atoms with Gasteiger partial charge in [0.05, 0.1) is 15.3 Å². The molecule has 0 saturated carbocycles. The second-order valence-corrected chi connectivity index (χ2v) is 3.31. The van der Waals surface area contributed by atoms with Crippen molar-refractivity contribution >= 4 is 5.65 Å². The molecule has 2 nitrogen and oxygen atoms in total. The first kappa shape index (κ1) is 3.22. The Labute approximate surface area is 119 Å². The van der Waals surface area contributed by atoms with Crippen molar-refractivity contribution < 1.29 is 17.8 Å². The third kappa shape index (κ3) is 1.82. The topological polar surface area (TPSA) is 17.3 Å². The molecule has 1 aromatic carbocycles. The molecule has 2 heterocycles. The van der Waals surface area contributed by atoms with E-state index in [1.54, 1.807) is 0 Å². The Kier molecular flexibility index (Phi) is 0.709. The lowest BCUT2D eigenvalue weighted by molar-refractivity contribution is 1.16. The summed E-state index contributed by atoms with van der Waals surface area (Å²) in [5.74, 6) is 0. The Morgan fingerprint density at radius 2 is 1.82 bits per heavy atom. The number of fused-ring (bicyclic) bond motifs is 1.